The van der Waals surface area contributed by atoms with Gasteiger partial charge in [-0.15, -0.1) is 0 Å². The second-order valence-corrected chi connectivity index (χ2v) is 8.69. The van der Waals surface area contributed by atoms with Gasteiger partial charge in [0.15, 0.2) is 0 Å². The standard InChI is InChI=1S/C20H21ClN4O3S/c1-14(15-7-9-18(10-8-15)29(22,27)28)24(2)20(26)17-11-23-25(13-17)12-16-5-3-4-6-19(16)21/h3-11,13-14H,12H2,1-2H3,(H2,22,27,28). The van der Waals surface area contributed by atoms with E-state index in [1.54, 1.807) is 35.0 Å². The normalized spacial score (nSPS) is 12.6. The molecule has 1 atom stereocenters. The van der Waals surface area contributed by atoms with Crippen LogP contribution in [0.1, 0.15) is 34.5 Å². The molecule has 1 aromatic heterocycles. The van der Waals surface area contributed by atoms with Crippen LogP contribution in [0, 0.1) is 0 Å². The van der Waals surface area contributed by atoms with E-state index < -0.39 is 10.0 Å². The second kappa shape index (κ2) is 8.36. The van der Waals surface area contributed by atoms with Gasteiger partial charge in [0.05, 0.1) is 29.2 Å². The van der Waals surface area contributed by atoms with E-state index in [4.69, 9.17) is 16.7 Å². The van der Waals surface area contributed by atoms with E-state index in [-0.39, 0.29) is 16.8 Å². The molecule has 1 heterocycles. The number of nitrogens with zero attached hydrogens (tertiary/aromatic N) is 3. The Morgan fingerprint density at radius 3 is 2.48 bits per heavy atom. The number of carbonyl (C=O) groups excluding carboxylic acids is 1. The number of aromatic nitrogens is 2. The minimum absolute atomic E-state index is 0.0308. The monoisotopic (exact) mass is 432 g/mol. The number of halogens is 1. The number of nitrogens with two attached hydrogens (primary N) is 1. The van der Waals surface area contributed by atoms with Crippen LogP contribution >= 0.6 is 11.6 Å². The molecule has 7 nitrogen and oxygen atoms in total. The summed E-state index contributed by atoms with van der Waals surface area (Å²) in [5, 5.41) is 10.0. The SMILES string of the molecule is CC(c1ccc(S(N)(=O)=O)cc1)N(C)C(=O)c1cnn(Cc2ccccc2Cl)c1. The van der Waals surface area contributed by atoms with Crippen molar-refractivity contribution in [3.63, 3.8) is 0 Å². The Kier molecular flexibility index (Phi) is 6.07. The maximum Gasteiger partial charge on any atom is 0.257 e. The van der Waals surface area contributed by atoms with Crippen LogP contribution < -0.4 is 5.14 Å². The fraction of sp³-hybridized carbons (Fsp3) is 0.200. The van der Waals surface area contributed by atoms with Crippen LogP contribution in [0.5, 0.6) is 0 Å². The van der Waals surface area contributed by atoms with E-state index in [1.165, 1.54) is 18.3 Å². The maximum absolute atomic E-state index is 12.8. The van der Waals surface area contributed by atoms with Crippen molar-refractivity contribution in [2.24, 2.45) is 5.14 Å². The minimum Gasteiger partial charge on any atom is -0.335 e. The first kappa shape index (κ1) is 21.0. The summed E-state index contributed by atoms with van der Waals surface area (Å²) in [6.07, 6.45) is 3.20. The van der Waals surface area contributed by atoms with Gasteiger partial charge >= 0.3 is 0 Å². The molecule has 0 spiro atoms. The molecule has 152 valence electrons. The zero-order valence-corrected chi connectivity index (χ0v) is 17.6. The lowest BCUT2D eigenvalue weighted by atomic mass is 10.1. The van der Waals surface area contributed by atoms with E-state index >= 15 is 0 Å². The van der Waals surface area contributed by atoms with Gasteiger partial charge in [0.2, 0.25) is 10.0 Å². The summed E-state index contributed by atoms with van der Waals surface area (Å²) in [6, 6.07) is 13.4. The zero-order chi connectivity index (χ0) is 21.2. The highest BCUT2D eigenvalue weighted by atomic mass is 35.5. The highest BCUT2D eigenvalue weighted by Crippen LogP contribution is 2.22. The largest absolute Gasteiger partial charge is 0.335 e. The molecule has 2 aromatic carbocycles. The fourth-order valence-electron chi connectivity index (χ4n) is 2.90. The first-order valence-corrected chi connectivity index (χ1v) is 10.7. The summed E-state index contributed by atoms with van der Waals surface area (Å²) in [7, 11) is -2.07. The first-order valence-electron chi connectivity index (χ1n) is 8.82. The predicted molar refractivity (Wildman–Crippen MR) is 111 cm³/mol. The Bertz CT molecular complexity index is 1130. The number of benzene rings is 2. The van der Waals surface area contributed by atoms with Gasteiger partial charge in [0.25, 0.3) is 5.91 Å². The molecule has 29 heavy (non-hydrogen) atoms. The smallest absolute Gasteiger partial charge is 0.257 e. The zero-order valence-electron chi connectivity index (χ0n) is 16.0. The summed E-state index contributed by atoms with van der Waals surface area (Å²) in [5.74, 6) is -0.196. The van der Waals surface area contributed by atoms with Crippen molar-refractivity contribution in [1.82, 2.24) is 14.7 Å². The molecule has 0 fully saturated rings. The third-order valence-corrected chi connectivity index (χ3v) is 6.06. The van der Waals surface area contributed by atoms with Gasteiger partial charge in [-0.1, -0.05) is 41.9 Å². The van der Waals surface area contributed by atoms with Gasteiger partial charge in [-0.3, -0.25) is 9.48 Å². The van der Waals surface area contributed by atoms with Crippen molar-refractivity contribution in [2.75, 3.05) is 7.05 Å². The van der Waals surface area contributed by atoms with Crippen LogP contribution in [-0.4, -0.2) is 36.1 Å². The fourth-order valence-corrected chi connectivity index (χ4v) is 3.61. The number of carbonyl (C=O) groups is 1. The molecule has 1 amide bonds. The van der Waals surface area contributed by atoms with Crippen LogP contribution in [0.4, 0.5) is 0 Å². The quantitative estimate of drug-likeness (QED) is 0.647. The molecule has 0 aliphatic carbocycles. The third-order valence-electron chi connectivity index (χ3n) is 4.76. The van der Waals surface area contributed by atoms with Crippen LogP contribution in [-0.2, 0) is 16.6 Å². The Balaban J connectivity index is 1.73. The van der Waals surface area contributed by atoms with Gasteiger partial charge in [-0.2, -0.15) is 5.10 Å². The summed E-state index contributed by atoms with van der Waals surface area (Å²) in [6.45, 7) is 2.32. The highest BCUT2D eigenvalue weighted by Gasteiger charge is 2.21. The Morgan fingerprint density at radius 1 is 1.21 bits per heavy atom. The van der Waals surface area contributed by atoms with Gasteiger partial charge < -0.3 is 4.90 Å². The molecule has 0 aliphatic rings. The Labute approximate surface area is 174 Å². The molecule has 0 saturated heterocycles. The summed E-state index contributed by atoms with van der Waals surface area (Å²) in [4.78, 5) is 14.5. The number of hydrogen-bond acceptors (Lipinski definition) is 4. The molecule has 2 N–H and O–H groups in total. The molecule has 0 bridgehead atoms. The van der Waals surface area contributed by atoms with Gasteiger partial charge in [0.1, 0.15) is 0 Å². The minimum atomic E-state index is -3.75. The van der Waals surface area contributed by atoms with Crippen LogP contribution in [0.15, 0.2) is 65.8 Å². The lowest BCUT2D eigenvalue weighted by molar-refractivity contribution is 0.0742. The van der Waals surface area contributed by atoms with Gasteiger partial charge in [-0.25, -0.2) is 13.6 Å². The van der Waals surface area contributed by atoms with Crippen molar-refractivity contribution in [3.05, 3.63) is 82.6 Å². The van der Waals surface area contributed by atoms with Crippen molar-refractivity contribution in [1.29, 1.82) is 0 Å². The van der Waals surface area contributed by atoms with E-state index in [0.717, 1.165) is 11.1 Å². The van der Waals surface area contributed by atoms with Crippen molar-refractivity contribution < 1.29 is 13.2 Å². The number of amides is 1. The summed E-state index contributed by atoms with van der Waals surface area (Å²) >= 11 is 6.18. The molecular weight excluding hydrogens is 412 g/mol. The van der Waals surface area contributed by atoms with Gasteiger partial charge in [0, 0.05) is 18.3 Å². The molecular formula is C20H21ClN4O3S. The number of hydrogen-bond donors (Lipinski definition) is 1. The Morgan fingerprint density at radius 2 is 1.86 bits per heavy atom. The van der Waals surface area contributed by atoms with Crippen LogP contribution in [0.25, 0.3) is 0 Å². The third kappa shape index (κ3) is 4.84. The van der Waals surface area contributed by atoms with Crippen LogP contribution in [0.3, 0.4) is 0 Å². The first-order chi connectivity index (χ1) is 13.7. The van der Waals surface area contributed by atoms with Crippen molar-refractivity contribution in [2.45, 2.75) is 24.4 Å². The molecule has 0 radical (unpaired) electrons. The summed E-state index contributed by atoms with van der Waals surface area (Å²) < 4.78 is 24.4. The topological polar surface area (TPSA) is 98.3 Å². The molecule has 3 rings (SSSR count). The summed E-state index contributed by atoms with van der Waals surface area (Å²) in [5.41, 5.74) is 2.15. The van der Waals surface area contributed by atoms with Crippen molar-refractivity contribution >= 4 is 27.5 Å². The Hall–Kier alpha value is -2.68. The molecule has 0 aliphatic heterocycles. The lowest BCUT2D eigenvalue weighted by Gasteiger charge is -2.25. The average molecular weight is 433 g/mol. The highest BCUT2D eigenvalue weighted by molar-refractivity contribution is 7.89. The molecule has 0 saturated carbocycles. The van der Waals surface area contributed by atoms with Gasteiger partial charge in [-0.05, 0) is 36.2 Å². The second-order valence-electron chi connectivity index (χ2n) is 6.72. The van der Waals surface area contributed by atoms with Crippen molar-refractivity contribution in [3.8, 4) is 0 Å². The molecule has 1 unspecified atom stereocenters. The molecule has 3 aromatic rings. The van der Waals surface area contributed by atoms with E-state index in [2.05, 4.69) is 5.10 Å². The number of sulfonamides is 1. The maximum atomic E-state index is 12.8. The average Bonchev–Trinajstić information content (AvgIpc) is 3.16. The van der Waals surface area contributed by atoms with E-state index in [1.807, 2.05) is 31.2 Å². The number of rotatable bonds is 6. The number of primary sulfonamides is 1. The van der Waals surface area contributed by atoms with Crippen LogP contribution in [0.2, 0.25) is 5.02 Å². The van der Waals surface area contributed by atoms with E-state index in [9.17, 15) is 13.2 Å². The molecule has 9 heteroatoms. The van der Waals surface area contributed by atoms with E-state index in [0.29, 0.717) is 17.1 Å². The lowest BCUT2D eigenvalue weighted by Crippen LogP contribution is -2.29. The predicted octanol–water partition coefficient (Wildman–Crippen LogP) is 3.07.